The Hall–Kier alpha value is -0.750. The van der Waals surface area contributed by atoms with Gasteiger partial charge < -0.3 is 21.1 Å². The number of aliphatic hydroxyl groups is 3. The molecule has 5 N–H and O–H groups in total. The standard InChI is InChI=1S/C24H47NO4/c1-2-3-4-5-6-7-8-9-10-11-12-13-15-18-21(27)23(25)24(29)22(28)19-16-14-17-20-26/h15,18,21,23-24,26-27,29H,2-14,16-17,19-20,25H2,1H3/b18-15+/t21-,23-,24?/m1/s1. The Labute approximate surface area is 178 Å². The SMILES string of the molecule is CCCCCCCCCCCCC/C=C/[C@@H](O)[C@@H](N)C(O)C(=O)CCCCCO. The van der Waals surface area contributed by atoms with Gasteiger partial charge in [0.2, 0.25) is 0 Å². The molecule has 5 nitrogen and oxygen atoms in total. The minimum absolute atomic E-state index is 0.110. The van der Waals surface area contributed by atoms with Gasteiger partial charge in [0.1, 0.15) is 6.10 Å². The van der Waals surface area contributed by atoms with Crippen LogP contribution in [0.4, 0.5) is 0 Å². The minimum atomic E-state index is -1.34. The predicted octanol–water partition coefficient (Wildman–Crippen LogP) is 4.41. The van der Waals surface area contributed by atoms with Crippen molar-refractivity contribution in [3.8, 4) is 0 Å². The average molecular weight is 414 g/mol. The average Bonchev–Trinajstić information content (AvgIpc) is 2.73. The molecule has 3 atom stereocenters. The molecule has 0 saturated heterocycles. The van der Waals surface area contributed by atoms with E-state index in [-0.39, 0.29) is 18.8 Å². The molecule has 0 aromatic heterocycles. The number of allylic oxidation sites excluding steroid dienone is 1. The minimum Gasteiger partial charge on any atom is -0.396 e. The van der Waals surface area contributed by atoms with E-state index >= 15 is 0 Å². The molecule has 29 heavy (non-hydrogen) atoms. The van der Waals surface area contributed by atoms with E-state index in [2.05, 4.69) is 6.92 Å². The summed E-state index contributed by atoms with van der Waals surface area (Å²) >= 11 is 0. The van der Waals surface area contributed by atoms with Gasteiger partial charge >= 0.3 is 0 Å². The zero-order chi connectivity index (χ0) is 21.7. The normalized spacial score (nSPS) is 14.9. The van der Waals surface area contributed by atoms with E-state index < -0.39 is 18.2 Å². The Kier molecular flexibility index (Phi) is 20.0. The first kappa shape index (κ1) is 28.2. The quantitative estimate of drug-likeness (QED) is 0.165. The lowest BCUT2D eigenvalue weighted by Crippen LogP contribution is -2.47. The lowest BCUT2D eigenvalue weighted by atomic mass is 9.98. The fourth-order valence-corrected chi connectivity index (χ4v) is 3.43. The summed E-state index contributed by atoms with van der Waals surface area (Å²) in [5.41, 5.74) is 5.83. The van der Waals surface area contributed by atoms with Gasteiger partial charge in [0.15, 0.2) is 5.78 Å². The summed E-state index contributed by atoms with van der Waals surface area (Å²) in [5.74, 6) is -0.340. The van der Waals surface area contributed by atoms with Gasteiger partial charge in [-0.1, -0.05) is 89.7 Å². The fourth-order valence-electron chi connectivity index (χ4n) is 3.43. The van der Waals surface area contributed by atoms with Crippen LogP contribution in [-0.2, 0) is 4.79 Å². The van der Waals surface area contributed by atoms with Crippen LogP contribution in [0.25, 0.3) is 0 Å². The van der Waals surface area contributed by atoms with Crippen molar-refractivity contribution in [1.82, 2.24) is 0 Å². The molecule has 0 heterocycles. The maximum absolute atomic E-state index is 11.9. The lowest BCUT2D eigenvalue weighted by molar-refractivity contribution is -0.129. The monoisotopic (exact) mass is 413 g/mol. The summed E-state index contributed by atoms with van der Waals surface area (Å²) in [4.78, 5) is 11.9. The van der Waals surface area contributed by atoms with Crippen LogP contribution >= 0.6 is 0 Å². The topological polar surface area (TPSA) is 104 Å². The number of carbonyl (C=O) groups excluding carboxylic acids is 1. The molecule has 0 aromatic carbocycles. The molecule has 0 aromatic rings. The molecule has 0 spiro atoms. The van der Waals surface area contributed by atoms with Gasteiger partial charge in [0.05, 0.1) is 12.1 Å². The lowest BCUT2D eigenvalue weighted by Gasteiger charge is -2.21. The van der Waals surface area contributed by atoms with Crippen molar-refractivity contribution in [2.24, 2.45) is 5.73 Å². The number of ketones is 1. The first-order valence-electron chi connectivity index (χ1n) is 12.0. The van der Waals surface area contributed by atoms with E-state index in [4.69, 9.17) is 10.8 Å². The summed E-state index contributed by atoms with van der Waals surface area (Å²) in [5, 5.41) is 28.8. The number of rotatable bonds is 21. The highest BCUT2D eigenvalue weighted by molar-refractivity contribution is 5.83. The van der Waals surface area contributed by atoms with Gasteiger partial charge in [0.25, 0.3) is 0 Å². The molecular weight excluding hydrogens is 366 g/mol. The van der Waals surface area contributed by atoms with Gasteiger partial charge in [-0.2, -0.15) is 0 Å². The van der Waals surface area contributed by atoms with Crippen LogP contribution in [0.15, 0.2) is 12.2 Å². The molecule has 0 aliphatic rings. The molecule has 0 aliphatic carbocycles. The number of nitrogens with two attached hydrogens (primary N) is 1. The maximum atomic E-state index is 11.9. The van der Waals surface area contributed by atoms with Crippen molar-refractivity contribution >= 4 is 5.78 Å². The largest absolute Gasteiger partial charge is 0.396 e. The number of hydrogen-bond donors (Lipinski definition) is 4. The van der Waals surface area contributed by atoms with E-state index in [1.165, 1.54) is 64.2 Å². The third-order valence-corrected chi connectivity index (χ3v) is 5.48. The van der Waals surface area contributed by atoms with Crippen molar-refractivity contribution in [3.05, 3.63) is 12.2 Å². The molecule has 172 valence electrons. The van der Waals surface area contributed by atoms with Crippen molar-refractivity contribution in [2.75, 3.05) is 6.61 Å². The highest BCUT2D eigenvalue weighted by atomic mass is 16.3. The number of aliphatic hydroxyl groups excluding tert-OH is 3. The first-order chi connectivity index (χ1) is 14.0. The molecule has 0 fully saturated rings. The summed E-state index contributed by atoms with van der Waals surface area (Å²) in [6.45, 7) is 2.36. The Morgan fingerprint density at radius 3 is 1.90 bits per heavy atom. The third-order valence-electron chi connectivity index (χ3n) is 5.48. The number of Topliss-reactive ketones (excluding diaryl/α,β-unsaturated/α-hetero) is 1. The number of hydrogen-bond acceptors (Lipinski definition) is 5. The van der Waals surface area contributed by atoms with E-state index in [0.717, 1.165) is 19.3 Å². The molecule has 5 heteroatoms. The molecule has 0 rings (SSSR count). The van der Waals surface area contributed by atoms with Gasteiger partial charge in [-0.3, -0.25) is 4.79 Å². The third kappa shape index (κ3) is 16.7. The highest BCUT2D eigenvalue weighted by Gasteiger charge is 2.26. The summed E-state index contributed by atoms with van der Waals surface area (Å²) in [6, 6.07) is -0.992. The van der Waals surface area contributed by atoms with Crippen LogP contribution in [0.2, 0.25) is 0 Å². The first-order valence-corrected chi connectivity index (χ1v) is 12.0. The molecule has 1 unspecified atom stereocenters. The summed E-state index contributed by atoms with van der Waals surface area (Å²) in [6.07, 6.45) is 18.6. The molecule has 0 radical (unpaired) electrons. The van der Waals surface area contributed by atoms with Crippen molar-refractivity contribution in [2.45, 2.75) is 128 Å². The van der Waals surface area contributed by atoms with E-state index in [1.807, 2.05) is 6.08 Å². The van der Waals surface area contributed by atoms with Crippen molar-refractivity contribution in [1.29, 1.82) is 0 Å². The summed E-state index contributed by atoms with van der Waals surface area (Å²) in [7, 11) is 0. The van der Waals surface area contributed by atoms with Gasteiger partial charge in [-0.05, 0) is 25.7 Å². The molecule has 0 amide bonds. The zero-order valence-corrected chi connectivity index (χ0v) is 18.7. The van der Waals surface area contributed by atoms with Gasteiger partial charge in [-0.15, -0.1) is 0 Å². The second kappa shape index (κ2) is 20.5. The maximum Gasteiger partial charge on any atom is 0.162 e. The van der Waals surface area contributed by atoms with Crippen molar-refractivity contribution in [3.63, 3.8) is 0 Å². The Morgan fingerprint density at radius 1 is 0.828 bits per heavy atom. The molecular formula is C24H47NO4. The Balaban J connectivity index is 3.70. The van der Waals surface area contributed by atoms with Crippen LogP contribution in [0, 0.1) is 0 Å². The van der Waals surface area contributed by atoms with Crippen molar-refractivity contribution < 1.29 is 20.1 Å². The second-order valence-corrected chi connectivity index (χ2v) is 8.27. The van der Waals surface area contributed by atoms with E-state index in [0.29, 0.717) is 12.8 Å². The van der Waals surface area contributed by atoms with Gasteiger partial charge in [-0.25, -0.2) is 0 Å². The second-order valence-electron chi connectivity index (χ2n) is 8.27. The fraction of sp³-hybridized carbons (Fsp3) is 0.875. The molecule has 0 bridgehead atoms. The smallest absolute Gasteiger partial charge is 0.162 e. The highest BCUT2D eigenvalue weighted by Crippen LogP contribution is 2.12. The van der Waals surface area contributed by atoms with Gasteiger partial charge in [0, 0.05) is 13.0 Å². The molecule has 0 saturated carbocycles. The van der Waals surface area contributed by atoms with Crippen LogP contribution in [0.3, 0.4) is 0 Å². The van der Waals surface area contributed by atoms with Crippen LogP contribution < -0.4 is 5.73 Å². The summed E-state index contributed by atoms with van der Waals surface area (Å²) < 4.78 is 0. The Bertz CT molecular complexity index is 400. The van der Waals surface area contributed by atoms with E-state index in [1.54, 1.807) is 6.08 Å². The van der Waals surface area contributed by atoms with Crippen LogP contribution in [0.5, 0.6) is 0 Å². The van der Waals surface area contributed by atoms with Crippen LogP contribution in [0.1, 0.15) is 110 Å². The molecule has 0 aliphatic heterocycles. The number of carbonyl (C=O) groups is 1. The zero-order valence-electron chi connectivity index (χ0n) is 18.7. The predicted molar refractivity (Wildman–Crippen MR) is 121 cm³/mol. The van der Waals surface area contributed by atoms with Crippen LogP contribution in [-0.4, -0.2) is 46.0 Å². The van der Waals surface area contributed by atoms with E-state index in [9.17, 15) is 15.0 Å². The Morgan fingerprint density at radius 2 is 1.34 bits per heavy atom. The number of unbranched alkanes of at least 4 members (excludes halogenated alkanes) is 13.